The van der Waals surface area contributed by atoms with E-state index in [9.17, 15) is 4.79 Å². The van der Waals surface area contributed by atoms with E-state index in [2.05, 4.69) is 11.9 Å². The average Bonchev–Trinajstić information content (AvgIpc) is 2.99. The Morgan fingerprint density at radius 2 is 2.13 bits per heavy atom. The van der Waals surface area contributed by atoms with Crippen LogP contribution in [0.1, 0.15) is 28.8 Å². The highest BCUT2D eigenvalue weighted by Crippen LogP contribution is 2.32. The smallest absolute Gasteiger partial charge is 0.335 e. The maximum absolute atomic E-state index is 10.8. The summed E-state index contributed by atoms with van der Waals surface area (Å²) < 4.78 is 0. The standard InChI is InChI=1S/C12H15NO2/c1-8-7-9(12(14)15)3-6-11(8)13(2)10-4-5-10/h3,6-7,10H,4-5H2,1-2H3,(H,14,15). The molecule has 0 spiro atoms. The molecule has 2 rings (SSSR count). The van der Waals surface area contributed by atoms with Crippen LogP contribution in [0.3, 0.4) is 0 Å². The van der Waals surface area contributed by atoms with Crippen molar-refractivity contribution in [2.75, 3.05) is 11.9 Å². The van der Waals surface area contributed by atoms with E-state index in [1.54, 1.807) is 12.1 Å². The second-order valence-corrected chi connectivity index (χ2v) is 4.15. The molecule has 1 aromatic rings. The maximum atomic E-state index is 10.8. The van der Waals surface area contributed by atoms with Gasteiger partial charge in [-0.25, -0.2) is 4.79 Å². The molecule has 0 atom stereocenters. The van der Waals surface area contributed by atoms with Gasteiger partial charge in [-0.3, -0.25) is 0 Å². The van der Waals surface area contributed by atoms with Crippen molar-refractivity contribution < 1.29 is 9.90 Å². The van der Waals surface area contributed by atoms with Crippen molar-refractivity contribution in [2.24, 2.45) is 0 Å². The van der Waals surface area contributed by atoms with Crippen LogP contribution in [-0.2, 0) is 0 Å². The zero-order valence-corrected chi connectivity index (χ0v) is 9.03. The summed E-state index contributed by atoms with van der Waals surface area (Å²) in [4.78, 5) is 13.0. The minimum absolute atomic E-state index is 0.362. The topological polar surface area (TPSA) is 40.5 Å². The quantitative estimate of drug-likeness (QED) is 0.823. The fourth-order valence-corrected chi connectivity index (χ4v) is 1.84. The van der Waals surface area contributed by atoms with Crippen LogP contribution < -0.4 is 4.90 Å². The van der Waals surface area contributed by atoms with Crippen molar-refractivity contribution in [2.45, 2.75) is 25.8 Å². The van der Waals surface area contributed by atoms with Crippen molar-refractivity contribution in [3.05, 3.63) is 29.3 Å². The molecule has 3 nitrogen and oxygen atoms in total. The van der Waals surface area contributed by atoms with E-state index >= 15 is 0 Å². The van der Waals surface area contributed by atoms with Crippen molar-refractivity contribution in [1.82, 2.24) is 0 Å². The Bertz CT molecular complexity index is 397. The molecule has 0 aromatic heterocycles. The van der Waals surface area contributed by atoms with Crippen LogP contribution in [0.25, 0.3) is 0 Å². The molecule has 1 aliphatic rings. The minimum Gasteiger partial charge on any atom is -0.478 e. The highest BCUT2D eigenvalue weighted by Gasteiger charge is 2.27. The van der Waals surface area contributed by atoms with Crippen LogP contribution in [0.5, 0.6) is 0 Å². The molecule has 80 valence electrons. The number of aryl methyl sites for hydroxylation is 1. The summed E-state index contributed by atoms with van der Waals surface area (Å²) >= 11 is 0. The normalized spacial score (nSPS) is 15.1. The first kappa shape index (κ1) is 10.0. The molecule has 3 heteroatoms. The lowest BCUT2D eigenvalue weighted by atomic mass is 10.1. The van der Waals surface area contributed by atoms with Crippen LogP contribution >= 0.6 is 0 Å². The van der Waals surface area contributed by atoms with E-state index in [4.69, 9.17) is 5.11 Å². The van der Waals surface area contributed by atoms with Gasteiger partial charge in [0, 0.05) is 18.8 Å². The lowest BCUT2D eigenvalue weighted by Crippen LogP contribution is -2.20. The van der Waals surface area contributed by atoms with Crippen molar-refractivity contribution in [3.63, 3.8) is 0 Å². The molecule has 1 aromatic carbocycles. The molecule has 0 heterocycles. The van der Waals surface area contributed by atoms with Crippen LogP contribution in [0, 0.1) is 6.92 Å². The molecule has 1 N–H and O–H groups in total. The number of anilines is 1. The molecule has 0 bridgehead atoms. The lowest BCUT2D eigenvalue weighted by Gasteiger charge is -2.21. The molecule has 1 saturated carbocycles. The molecule has 0 unspecified atom stereocenters. The van der Waals surface area contributed by atoms with E-state index in [0.717, 1.165) is 11.3 Å². The van der Waals surface area contributed by atoms with Crippen molar-refractivity contribution >= 4 is 11.7 Å². The zero-order valence-electron chi connectivity index (χ0n) is 9.03. The highest BCUT2D eigenvalue weighted by molar-refractivity contribution is 5.88. The fraction of sp³-hybridized carbons (Fsp3) is 0.417. The third-order valence-electron chi connectivity index (χ3n) is 2.92. The predicted octanol–water partition coefficient (Wildman–Crippen LogP) is 2.29. The first-order valence-corrected chi connectivity index (χ1v) is 5.16. The van der Waals surface area contributed by atoms with Crippen molar-refractivity contribution in [1.29, 1.82) is 0 Å². The molecule has 0 radical (unpaired) electrons. The number of carboxylic acid groups (broad SMARTS) is 1. The first-order valence-electron chi connectivity index (χ1n) is 5.16. The average molecular weight is 205 g/mol. The van der Waals surface area contributed by atoms with Crippen LogP contribution in [0.15, 0.2) is 18.2 Å². The highest BCUT2D eigenvalue weighted by atomic mass is 16.4. The first-order chi connectivity index (χ1) is 7.09. The number of nitrogens with zero attached hydrogens (tertiary/aromatic N) is 1. The van der Waals surface area contributed by atoms with Gasteiger partial charge in [-0.1, -0.05) is 0 Å². The van der Waals surface area contributed by atoms with Gasteiger partial charge in [-0.05, 0) is 43.5 Å². The summed E-state index contributed by atoms with van der Waals surface area (Å²) in [7, 11) is 2.07. The number of carbonyl (C=O) groups is 1. The molecule has 15 heavy (non-hydrogen) atoms. The number of hydrogen-bond acceptors (Lipinski definition) is 2. The Morgan fingerprint density at radius 1 is 1.47 bits per heavy atom. The van der Waals surface area contributed by atoms with E-state index in [-0.39, 0.29) is 0 Å². The van der Waals surface area contributed by atoms with E-state index in [1.165, 1.54) is 12.8 Å². The summed E-state index contributed by atoms with van der Waals surface area (Å²) in [6.07, 6.45) is 2.49. The van der Waals surface area contributed by atoms with Gasteiger partial charge in [0.2, 0.25) is 0 Å². The van der Waals surface area contributed by atoms with Crippen LogP contribution in [-0.4, -0.2) is 24.2 Å². The molecule has 0 saturated heterocycles. The molecular formula is C12H15NO2. The molecular weight excluding hydrogens is 190 g/mol. The Morgan fingerprint density at radius 3 is 2.60 bits per heavy atom. The number of aromatic carboxylic acids is 1. The Hall–Kier alpha value is -1.51. The number of hydrogen-bond donors (Lipinski definition) is 1. The summed E-state index contributed by atoms with van der Waals surface area (Å²) in [6.45, 7) is 1.96. The lowest BCUT2D eigenvalue weighted by molar-refractivity contribution is 0.0697. The monoisotopic (exact) mass is 205 g/mol. The largest absolute Gasteiger partial charge is 0.478 e. The molecule has 0 amide bonds. The molecule has 1 aliphatic carbocycles. The van der Waals surface area contributed by atoms with Crippen LogP contribution in [0.2, 0.25) is 0 Å². The fourth-order valence-electron chi connectivity index (χ4n) is 1.84. The second-order valence-electron chi connectivity index (χ2n) is 4.15. The zero-order chi connectivity index (χ0) is 11.0. The van der Waals surface area contributed by atoms with Gasteiger partial charge in [0.15, 0.2) is 0 Å². The van der Waals surface area contributed by atoms with E-state index in [1.807, 2.05) is 13.0 Å². The van der Waals surface area contributed by atoms with Gasteiger partial charge in [0.05, 0.1) is 5.56 Å². The number of benzene rings is 1. The van der Waals surface area contributed by atoms with E-state index in [0.29, 0.717) is 11.6 Å². The second kappa shape index (κ2) is 3.57. The minimum atomic E-state index is -0.862. The van der Waals surface area contributed by atoms with Gasteiger partial charge in [0.25, 0.3) is 0 Å². The van der Waals surface area contributed by atoms with E-state index < -0.39 is 5.97 Å². The molecule has 0 aliphatic heterocycles. The van der Waals surface area contributed by atoms with Gasteiger partial charge in [0.1, 0.15) is 0 Å². The summed E-state index contributed by atoms with van der Waals surface area (Å²) in [5, 5.41) is 8.85. The van der Waals surface area contributed by atoms with Gasteiger partial charge in [-0.2, -0.15) is 0 Å². The van der Waals surface area contributed by atoms with Crippen molar-refractivity contribution in [3.8, 4) is 0 Å². The summed E-state index contributed by atoms with van der Waals surface area (Å²) in [5.41, 5.74) is 2.53. The summed E-state index contributed by atoms with van der Waals surface area (Å²) in [6, 6.07) is 5.95. The third kappa shape index (κ3) is 1.96. The Labute approximate surface area is 89.3 Å². The van der Waals surface area contributed by atoms with Gasteiger partial charge < -0.3 is 10.0 Å². The SMILES string of the molecule is Cc1cc(C(=O)O)ccc1N(C)C1CC1. The third-order valence-corrected chi connectivity index (χ3v) is 2.92. The Kier molecular flexibility index (Phi) is 2.39. The van der Waals surface area contributed by atoms with Gasteiger partial charge in [-0.15, -0.1) is 0 Å². The maximum Gasteiger partial charge on any atom is 0.335 e. The van der Waals surface area contributed by atoms with Gasteiger partial charge >= 0.3 is 5.97 Å². The summed E-state index contributed by atoms with van der Waals surface area (Å²) in [5.74, 6) is -0.862. The molecule has 1 fully saturated rings. The number of carboxylic acids is 1. The Balaban J connectivity index is 2.29. The number of rotatable bonds is 3. The predicted molar refractivity (Wildman–Crippen MR) is 59.6 cm³/mol. The van der Waals surface area contributed by atoms with Crippen LogP contribution in [0.4, 0.5) is 5.69 Å².